The standard InChI is InChI=1S/C30H29F6N7O3/c1-29(2,3)24-8-14(6-7-42(24)28(45)46)23-11-17(25-26(37)38-13-39-43(23)25)16-10-20(33)22(12-19(16)32)41-27(44)40-21-9-15(30(34,35)36)4-5-18(21)31/h4-5,9-14,24H,6-8H2,1-3H3,(H,45,46)(H2,37,38,39)(H2,40,41,44). The summed E-state index contributed by atoms with van der Waals surface area (Å²) >= 11 is 0. The summed E-state index contributed by atoms with van der Waals surface area (Å²) < 4.78 is 85.5. The van der Waals surface area contributed by atoms with Crippen molar-refractivity contribution in [1.29, 1.82) is 0 Å². The number of nitrogens with zero attached hydrogens (tertiary/aromatic N) is 4. The smallest absolute Gasteiger partial charge is 0.416 e. The summed E-state index contributed by atoms with van der Waals surface area (Å²) in [6.07, 6.45) is -3.79. The van der Waals surface area contributed by atoms with E-state index in [0.29, 0.717) is 42.8 Å². The number of alkyl halides is 3. The molecule has 0 saturated carbocycles. The number of nitrogen functional groups attached to an aromatic ring is 1. The van der Waals surface area contributed by atoms with Gasteiger partial charge in [-0.05, 0) is 48.6 Å². The topological polar surface area (TPSA) is 138 Å². The third kappa shape index (κ3) is 6.23. The molecule has 3 heterocycles. The molecule has 2 aromatic heterocycles. The highest BCUT2D eigenvalue weighted by Gasteiger charge is 2.40. The van der Waals surface area contributed by atoms with Gasteiger partial charge >= 0.3 is 18.3 Å². The molecule has 2 atom stereocenters. The Morgan fingerprint density at radius 1 is 0.957 bits per heavy atom. The van der Waals surface area contributed by atoms with Gasteiger partial charge in [0.2, 0.25) is 0 Å². The predicted molar refractivity (Wildman–Crippen MR) is 157 cm³/mol. The molecule has 1 saturated heterocycles. The molecule has 0 radical (unpaired) electrons. The third-order valence-corrected chi connectivity index (χ3v) is 8.01. The lowest BCUT2D eigenvalue weighted by Gasteiger charge is -2.44. The van der Waals surface area contributed by atoms with Crippen molar-refractivity contribution in [1.82, 2.24) is 19.5 Å². The molecule has 0 spiro atoms. The predicted octanol–water partition coefficient (Wildman–Crippen LogP) is 7.33. The number of amides is 3. The van der Waals surface area contributed by atoms with Gasteiger partial charge in [-0.1, -0.05) is 20.8 Å². The molecule has 4 aromatic rings. The fraction of sp³-hybridized carbons (Fsp3) is 0.333. The first-order chi connectivity index (χ1) is 21.5. The van der Waals surface area contributed by atoms with Crippen LogP contribution in [0.4, 0.5) is 53.1 Å². The molecule has 2 aromatic carbocycles. The van der Waals surface area contributed by atoms with E-state index < -0.39 is 58.1 Å². The summed E-state index contributed by atoms with van der Waals surface area (Å²) in [4.78, 5) is 29.8. The molecule has 10 nitrogen and oxygen atoms in total. The van der Waals surface area contributed by atoms with Crippen molar-refractivity contribution >= 4 is 34.8 Å². The number of nitrogens with two attached hydrogens (primary N) is 1. The zero-order valence-corrected chi connectivity index (χ0v) is 24.7. The van der Waals surface area contributed by atoms with Gasteiger partial charge in [0.15, 0.2) is 5.82 Å². The van der Waals surface area contributed by atoms with Crippen molar-refractivity contribution in [3.8, 4) is 11.1 Å². The number of fused-ring (bicyclic) bond motifs is 1. The van der Waals surface area contributed by atoms with E-state index in [4.69, 9.17) is 5.73 Å². The van der Waals surface area contributed by atoms with E-state index in [-0.39, 0.29) is 41.0 Å². The van der Waals surface area contributed by atoms with Crippen LogP contribution in [0.3, 0.4) is 0 Å². The Morgan fingerprint density at radius 3 is 2.26 bits per heavy atom. The van der Waals surface area contributed by atoms with Gasteiger partial charge in [0.25, 0.3) is 0 Å². The summed E-state index contributed by atoms with van der Waals surface area (Å²) in [5.41, 5.74) is 3.68. The quantitative estimate of drug-likeness (QED) is 0.171. The minimum Gasteiger partial charge on any atom is -0.465 e. The Balaban J connectivity index is 1.47. The highest BCUT2D eigenvalue weighted by molar-refractivity contribution is 6.00. The lowest BCUT2D eigenvalue weighted by Crippen LogP contribution is -2.51. The molecular formula is C30H29F6N7O3. The van der Waals surface area contributed by atoms with Gasteiger partial charge in [-0.3, -0.25) is 0 Å². The van der Waals surface area contributed by atoms with Crippen molar-refractivity contribution in [2.75, 3.05) is 22.9 Å². The highest BCUT2D eigenvalue weighted by Crippen LogP contribution is 2.43. The number of carbonyl (C=O) groups excluding carboxylic acids is 1. The Bertz CT molecular complexity index is 1840. The third-order valence-electron chi connectivity index (χ3n) is 8.01. The number of urea groups is 1. The Kier molecular flexibility index (Phi) is 8.25. The van der Waals surface area contributed by atoms with Crippen LogP contribution in [0.1, 0.15) is 50.8 Å². The molecule has 0 bridgehead atoms. The number of halogens is 6. The molecule has 16 heteroatoms. The highest BCUT2D eigenvalue weighted by atomic mass is 19.4. The number of benzene rings is 2. The zero-order chi connectivity index (χ0) is 33.7. The Morgan fingerprint density at radius 2 is 1.63 bits per heavy atom. The average molecular weight is 650 g/mol. The summed E-state index contributed by atoms with van der Waals surface area (Å²) in [5.74, 6) is -3.56. The molecule has 1 aliphatic rings. The van der Waals surface area contributed by atoms with E-state index in [2.05, 4.69) is 10.1 Å². The van der Waals surface area contributed by atoms with Crippen molar-refractivity contribution in [3.05, 3.63) is 71.4 Å². The Labute approximate surface area is 258 Å². The monoisotopic (exact) mass is 649 g/mol. The van der Waals surface area contributed by atoms with Crippen molar-refractivity contribution in [2.24, 2.45) is 5.41 Å². The SMILES string of the molecule is CC(C)(C)C1CC(c2cc(-c3cc(F)c(NC(=O)Nc4cc(C(F)(F)F)ccc4F)cc3F)c3c(N)ncnn23)CCN1C(=O)O. The van der Waals surface area contributed by atoms with Crippen LogP contribution in [0.5, 0.6) is 0 Å². The molecule has 1 fully saturated rings. The number of carbonyl (C=O) groups is 2. The number of hydrogen-bond donors (Lipinski definition) is 4. The molecule has 3 amide bonds. The summed E-state index contributed by atoms with van der Waals surface area (Å²) in [7, 11) is 0. The number of carboxylic acid groups (broad SMARTS) is 1. The maximum Gasteiger partial charge on any atom is 0.416 e. The number of nitrogens with one attached hydrogen (secondary N) is 2. The maximum atomic E-state index is 15.6. The molecule has 5 N–H and O–H groups in total. The number of likely N-dealkylation sites (tertiary alicyclic amines) is 1. The van der Waals surface area contributed by atoms with E-state index in [1.807, 2.05) is 31.4 Å². The van der Waals surface area contributed by atoms with Gasteiger partial charge in [0.05, 0.1) is 16.9 Å². The van der Waals surface area contributed by atoms with E-state index in [9.17, 15) is 32.3 Å². The molecule has 0 aliphatic carbocycles. The van der Waals surface area contributed by atoms with Crippen LogP contribution in [0.25, 0.3) is 16.6 Å². The van der Waals surface area contributed by atoms with E-state index in [1.54, 1.807) is 6.07 Å². The summed E-state index contributed by atoms with van der Waals surface area (Å²) in [5, 5.41) is 17.9. The first-order valence-corrected chi connectivity index (χ1v) is 14.0. The largest absolute Gasteiger partial charge is 0.465 e. The summed E-state index contributed by atoms with van der Waals surface area (Å²) in [6, 6.07) is 2.75. The second kappa shape index (κ2) is 11.7. The first-order valence-electron chi connectivity index (χ1n) is 14.0. The van der Waals surface area contributed by atoms with E-state index in [1.165, 1.54) is 15.7 Å². The lowest BCUT2D eigenvalue weighted by molar-refractivity contribution is -0.137. The minimum atomic E-state index is -4.81. The second-order valence-corrected chi connectivity index (χ2v) is 12.1. The number of piperidine rings is 1. The van der Waals surface area contributed by atoms with Crippen LogP contribution in [-0.2, 0) is 6.18 Å². The van der Waals surface area contributed by atoms with Crippen molar-refractivity contribution < 1.29 is 41.0 Å². The fourth-order valence-electron chi connectivity index (χ4n) is 5.79. The van der Waals surface area contributed by atoms with Crippen molar-refractivity contribution in [3.63, 3.8) is 0 Å². The average Bonchev–Trinajstić information content (AvgIpc) is 3.35. The normalized spacial score (nSPS) is 17.3. The summed E-state index contributed by atoms with van der Waals surface area (Å²) in [6.45, 7) is 6.03. The van der Waals surface area contributed by atoms with Gasteiger partial charge in [-0.25, -0.2) is 32.3 Å². The number of rotatable bonds is 4. The van der Waals surface area contributed by atoms with Crippen LogP contribution in [0.15, 0.2) is 42.7 Å². The van der Waals surface area contributed by atoms with Crippen molar-refractivity contribution in [2.45, 2.75) is 51.7 Å². The van der Waals surface area contributed by atoms with E-state index in [0.717, 1.165) is 6.07 Å². The molecule has 244 valence electrons. The Hall–Kier alpha value is -5.02. The van der Waals surface area contributed by atoms with Crippen LogP contribution in [0, 0.1) is 22.9 Å². The van der Waals surface area contributed by atoms with Gasteiger partial charge in [-0.2, -0.15) is 18.3 Å². The molecule has 5 rings (SSSR count). The lowest BCUT2D eigenvalue weighted by atomic mass is 9.76. The molecule has 46 heavy (non-hydrogen) atoms. The van der Waals surface area contributed by atoms with E-state index >= 15 is 8.78 Å². The zero-order valence-electron chi connectivity index (χ0n) is 24.7. The van der Waals surface area contributed by atoms with Gasteiger partial charge < -0.3 is 26.4 Å². The van der Waals surface area contributed by atoms with Gasteiger partial charge in [-0.15, -0.1) is 0 Å². The fourth-order valence-corrected chi connectivity index (χ4v) is 5.79. The van der Waals surface area contributed by atoms with Gasteiger partial charge in [0.1, 0.15) is 29.3 Å². The minimum absolute atomic E-state index is 0.0314. The van der Waals surface area contributed by atoms with Crippen LogP contribution in [0.2, 0.25) is 0 Å². The van der Waals surface area contributed by atoms with Crippen LogP contribution >= 0.6 is 0 Å². The molecule has 2 unspecified atom stereocenters. The first kappa shape index (κ1) is 32.4. The molecular weight excluding hydrogens is 620 g/mol. The number of hydrogen-bond acceptors (Lipinski definition) is 5. The van der Waals surface area contributed by atoms with Crippen LogP contribution in [-0.4, -0.2) is 49.3 Å². The second-order valence-electron chi connectivity index (χ2n) is 12.1. The number of aromatic nitrogens is 3. The molecule has 1 aliphatic heterocycles. The van der Waals surface area contributed by atoms with Crippen LogP contribution < -0.4 is 16.4 Å². The number of anilines is 3. The maximum absolute atomic E-state index is 15.6. The van der Waals surface area contributed by atoms with Gasteiger partial charge in [0, 0.05) is 41.4 Å².